The van der Waals surface area contributed by atoms with Crippen molar-refractivity contribution in [2.24, 2.45) is 0 Å². The normalized spacial score (nSPS) is 20.4. The van der Waals surface area contributed by atoms with E-state index in [1.54, 1.807) is 13.1 Å². The van der Waals surface area contributed by atoms with E-state index < -0.39 is 35.9 Å². The van der Waals surface area contributed by atoms with Gasteiger partial charge in [-0.05, 0) is 62.2 Å². The van der Waals surface area contributed by atoms with E-state index in [1.807, 2.05) is 0 Å². The van der Waals surface area contributed by atoms with Gasteiger partial charge in [0.15, 0.2) is 0 Å². The van der Waals surface area contributed by atoms with Crippen molar-refractivity contribution in [1.29, 1.82) is 0 Å². The molecule has 196 valence electrons. The first kappa shape index (κ1) is 27.0. The van der Waals surface area contributed by atoms with Crippen LogP contribution in [-0.2, 0) is 0 Å². The maximum absolute atomic E-state index is 15.1. The number of benzene rings is 2. The van der Waals surface area contributed by atoms with Crippen LogP contribution in [0.1, 0.15) is 52.8 Å². The summed E-state index contributed by atoms with van der Waals surface area (Å²) in [4.78, 5) is 21.6. The van der Waals surface area contributed by atoms with Gasteiger partial charge in [-0.2, -0.15) is 0 Å². The Labute approximate surface area is 220 Å². The van der Waals surface area contributed by atoms with E-state index >= 15 is 4.39 Å². The first-order valence-electron chi connectivity index (χ1n) is 11.8. The van der Waals surface area contributed by atoms with E-state index in [4.69, 9.17) is 5.73 Å². The van der Waals surface area contributed by atoms with E-state index in [-0.39, 0.29) is 36.0 Å². The Hall–Kier alpha value is -3.02. The number of nitrogens with two attached hydrogens (primary N) is 1. The zero-order valence-corrected chi connectivity index (χ0v) is 21.6. The summed E-state index contributed by atoms with van der Waals surface area (Å²) >= 11 is 3.24. The second-order valence-corrected chi connectivity index (χ2v) is 10.0. The number of anilines is 1. The molecule has 1 saturated carbocycles. The molecule has 2 aromatic carbocycles. The number of aromatic nitrogens is 2. The zero-order valence-electron chi connectivity index (χ0n) is 20.0. The first-order chi connectivity index (χ1) is 17.7. The fourth-order valence-corrected chi connectivity index (χ4v) is 4.99. The molecular formula is C26H27BrF3N5O2. The molecule has 37 heavy (non-hydrogen) atoms. The molecule has 1 aromatic heterocycles. The number of aliphatic hydroxyl groups excluding tert-OH is 1. The second kappa shape index (κ2) is 11.6. The predicted octanol–water partition coefficient (Wildman–Crippen LogP) is 4.42. The number of hydrogen-bond acceptors (Lipinski definition) is 6. The van der Waals surface area contributed by atoms with Crippen LogP contribution in [-0.4, -0.2) is 46.8 Å². The number of halogens is 4. The largest absolute Gasteiger partial charge is 0.390 e. The number of rotatable bonds is 7. The van der Waals surface area contributed by atoms with Crippen LogP contribution in [0.4, 0.5) is 19.0 Å². The SMILES string of the molecule is CNC[C@@H](NC(=O)c1ccc(-c2nc([C@H]3CC[C@H](O)C(F)C3)cnc2N)cc1F)c1cc(F)cc(Br)c1. The van der Waals surface area contributed by atoms with E-state index in [0.29, 0.717) is 34.1 Å². The number of nitrogens with zero attached hydrogens (tertiary/aromatic N) is 2. The molecule has 1 aliphatic carbocycles. The lowest BCUT2D eigenvalue weighted by molar-refractivity contribution is 0.0363. The second-order valence-electron chi connectivity index (χ2n) is 9.10. The fourth-order valence-electron chi connectivity index (χ4n) is 4.50. The Morgan fingerprint density at radius 2 is 2.03 bits per heavy atom. The van der Waals surface area contributed by atoms with Gasteiger partial charge in [-0.15, -0.1) is 0 Å². The Kier molecular flexibility index (Phi) is 8.46. The fraction of sp³-hybridized carbons (Fsp3) is 0.346. The number of aliphatic hydroxyl groups is 1. The van der Waals surface area contributed by atoms with Gasteiger partial charge in [0.1, 0.15) is 29.3 Å². The van der Waals surface area contributed by atoms with Gasteiger partial charge in [0.25, 0.3) is 5.91 Å². The van der Waals surface area contributed by atoms with Gasteiger partial charge in [0.05, 0.1) is 29.6 Å². The molecule has 0 bridgehead atoms. The van der Waals surface area contributed by atoms with Crippen molar-refractivity contribution in [2.75, 3.05) is 19.3 Å². The van der Waals surface area contributed by atoms with Crippen LogP contribution in [0.3, 0.4) is 0 Å². The molecule has 1 aliphatic rings. The molecule has 1 heterocycles. The average Bonchev–Trinajstić information content (AvgIpc) is 2.85. The van der Waals surface area contributed by atoms with Crippen LogP contribution in [0.25, 0.3) is 11.3 Å². The highest BCUT2D eigenvalue weighted by molar-refractivity contribution is 9.10. The summed E-state index contributed by atoms with van der Waals surface area (Å²) in [6.07, 6.45) is 0.105. The number of amides is 1. The smallest absolute Gasteiger partial charge is 0.254 e. The molecule has 4 rings (SSSR count). The quantitative estimate of drug-likeness (QED) is 0.330. The zero-order chi connectivity index (χ0) is 26.7. The Morgan fingerprint density at radius 3 is 2.70 bits per heavy atom. The van der Waals surface area contributed by atoms with Crippen LogP contribution in [0.15, 0.2) is 47.1 Å². The van der Waals surface area contributed by atoms with Crippen molar-refractivity contribution in [3.05, 3.63) is 75.5 Å². The molecule has 1 amide bonds. The maximum Gasteiger partial charge on any atom is 0.254 e. The summed E-state index contributed by atoms with van der Waals surface area (Å²) in [5, 5.41) is 15.3. The van der Waals surface area contributed by atoms with E-state index in [2.05, 4.69) is 36.5 Å². The molecule has 0 radical (unpaired) electrons. The van der Waals surface area contributed by atoms with Crippen molar-refractivity contribution in [3.63, 3.8) is 0 Å². The lowest BCUT2D eigenvalue weighted by Gasteiger charge is -2.28. The van der Waals surface area contributed by atoms with E-state index in [0.717, 1.165) is 6.07 Å². The predicted molar refractivity (Wildman–Crippen MR) is 138 cm³/mol. The minimum Gasteiger partial charge on any atom is -0.390 e. The lowest BCUT2D eigenvalue weighted by atomic mass is 9.84. The minimum atomic E-state index is -1.35. The monoisotopic (exact) mass is 577 g/mol. The Bertz CT molecular complexity index is 1270. The average molecular weight is 578 g/mol. The molecular weight excluding hydrogens is 551 g/mol. The summed E-state index contributed by atoms with van der Waals surface area (Å²) in [5.74, 6) is -2.12. The summed E-state index contributed by atoms with van der Waals surface area (Å²) in [7, 11) is 1.69. The number of alkyl halides is 1. The molecule has 0 aliphatic heterocycles. The summed E-state index contributed by atoms with van der Waals surface area (Å²) in [6.45, 7) is 0.290. The molecule has 1 fully saturated rings. The topological polar surface area (TPSA) is 113 Å². The number of nitrogens with one attached hydrogen (secondary N) is 2. The minimum absolute atomic E-state index is 0.0683. The maximum atomic E-state index is 15.1. The molecule has 5 N–H and O–H groups in total. The summed E-state index contributed by atoms with van der Waals surface area (Å²) < 4.78 is 43.6. The molecule has 0 saturated heterocycles. The third-order valence-corrected chi connectivity index (χ3v) is 6.92. The van der Waals surface area contributed by atoms with Crippen LogP contribution >= 0.6 is 15.9 Å². The van der Waals surface area contributed by atoms with Crippen LogP contribution in [0.5, 0.6) is 0 Å². The lowest BCUT2D eigenvalue weighted by Crippen LogP contribution is -2.35. The van der Waals surface area contributed by atoms with Crippen molar-refractivity contribution in [3.8, 4) is 11.3 Å². The number of carbonyl (C=O) groups excluding carboxylic acids is 1. The number of nitrogen functional groups attached to an aromatic ring is 1. The molecule has 11 heteroatoms. The third-order valence-electron chi connectivity index (χ3n) is 6.46. The first-order valence-corrected chi connectivity index (χ1v) is 12.6. The van der Waals surface area contributed by atoms with Crippen molar-refractivity contribution < 1.29 is 23.1 Å². The molecule has 7 nitrogen and oxygen atoms in total. The molecule has 0 spiro atoms. The summed E-state index contributed by atoms with van der Waals surface area (Å²) in [5.41, 5.74) is 7.36. The van der Waals surface area contributed by atoms with Crippen LogP contribution in [0, 0.1) is 11.6 Å². The summed E-state index contributed by atoms with van der Waals surface area (Å²) in [6, 6.07) is 7.65. The standard InChI is InChI=1S/C26H27BrF3N5O2/c1-32-11-21(15-6-16(27)10-17(28)7-15)35-26(37)18-4-2-14(9-19(18)29)24-25(31)33-12-22(34-24)13-3-5-23(36)20(30)8-13/h2,4,6-7,9-10,12-13,20-21,23,32,36H,3,5,8,11H2,1H3,(H2,31,33)(H,35,37)/t13-,20?,21+,23-/m0/s1. The highest BCUT2D eigenvalue weighted by atomic mass is 79.9. The molecule has 4 atom stereocenters. The van der Waals surface area contributed by atoms with Gasteiger partial charge in [0.2, 0.25) is 0 Å². The van der Waals surface area contributed by atoms with Gasteiger partial charge in [0, 0.05) is 22.5 Å². The van der Waals surface area contributed by atoms with E-state index in [9.17, 15) is 18.7 Å². The van der Waals surface area contributed by atoms with Gasteiger partial charge in [-0.1, -0.05) is 22.0 Å². The van der Waals surface area contributed by atoms with Gasteiger partial charge in [-0.3, -0.25) is 4.79 Å². The van der Waals surface area contributed by atoms with Crippen LogP contribution < -0.4 is 16.4 Å². The van der Waals surface area contributed by atoms with Gasteiger partial charge < -0.3 is 21.5 Å². The third kappa shape index (κ3) is 6.28. The van der Waals surface area contributed by atoms with Crippen molar-refractivity contribution in [2.45, 2.75) is 43.5 Å². The van der Waals surface area contributed by atoms with Gasteiger partial charge in [-0.25, -0.2) is 23.1 Å². The Morgan fingerprint density at radius 1 is 1.24 bits per heavy atom. The number of hydrogen-bond donors (Lipinski definition) is 4. The Balaban J connectivity index is 1.56. The number of likely N-dealkylation sites (N-methyl/N-ethyl adjacent to an activating group) is 1. The van der Waals surface area contributed by atoms with Gasteiger partial charge >= 0.3 is 0 Å². The molecule has 1 unspecified atom stereocenters. The van der Waals surface area contributed by atoms with E-state index in [1.165, 1.54) is 30.5 Å². The van der Waals surface area contributed by atoms with Crippen molar-refractivity contribution in [1.82, 2.24) is 20.6 Å². The number of carbonyl (C=O) groups is 1. The highest BCUT2D eigenvalue weighted by Crippen LogP contribution is 2.35. The van der Waals surface area contributed by atoms with Crippen molar-refractivity contribution >= 4 is 27.7 Å². The molecule has 3 aromatic rings. The van der Waals surface area contributed by atoms with Crippen LogP contribution in [0.2, 0.25) is 0 Å². The highest BCUT2D eigenvalue weighted by Gasteiger charge is 2.31.